The molecule has 5 rings (SSSR count). The van der Waals surface area contributed by atoms with Gasteiger partial charge in [-0.2, -0.15) is 0 Å². The lowest BCUT2D eigenvalue weighted by molar-refractivity contribution is 0.0856. The van der Waals surface area contributed by atoms with Crippen molar-refractivity contribution in [1.29, 1.82) is 0 Å². The third kappa shape index (κ3) is 4.75. The molecule has 0 bridgehead atoms. The molecule has 0 aromatic carbocycles. The topological polar surface area (TPSA) is 90.0 Å². The summed E-state index contributed by atoms with van der Waals surface area (Å²) in [4.78, 5) is 35.8. The van der Waals surface area contributed by atoms with Gasteiger partial charge >= 0.3 is 6.03 Å². The zero-order valence-electron chi connectivity index (χ0n) is 19.8. The molecule has 0 unspecified atom stereocenters. The number of carbonyl (C=O) groups excluding carboxylic acids is 1. The van der Waals surface area contributed by atoms with Gasteiger partial charge in [0.15, 0.2) is 5.82 Å². The monoisotopic (exact) mass is 453 g/mol. The molecule has 2 aromatic rings. The Kier molecular flexibility index (Phi) is 6.59. The molecule has 4 heterocycles. The molecule has 2 amide bonds. The van der Waals surface area contributed by atoms with Crippen LogP contribution in [-0.2, 0) is 4.74 Å². The highest BCUT2D eigenvalue weighted by molar-refractivity contribution is 5.95. The molecule has 178 valence electrons. The number of aliphatic imine (C=N–C) groups is 1. The van der Waals surface area contributed by atoms with Gasteiger partial charge in [0.1, 0.15) is 12.0 Å². The fourth-order valence-corrected chi connectivity index (χ4v) is 5.51. The first kappa shape index (κ1) is 22.3. The molecule has 2 aromatic heterocycles. The van der Waals surface area contributed by atoms with Crippen LogP contribution in [0.2, 0.25) is 0 Å². The molecule has 33 heavy (non-hydrogen) atoms. The van der Waals surface area contributed by atoms with Crippen LogP contribution in [0.15, 0.2) is 17.5 Å². The van der Waals surface area contributed by atoms with E-state index in [-0.39, 0.29) is 6.03 Å². The van der Waals surface area contributed by atoms with Gasteiger partial charge < -0.3 is 19.5 Å². The maximum atomic E-state index is 12.2. The molecule has 0 atom stereocenters. The number of nitrogens with one attached hydrogen (secondary N) is 1. The van der Waals surface area contributed by atoms with Crippen molar-refractivity contribution in [2.45, 2.75) is 50.5 Å². The molecule has 2 saturated heterocycles. The van der Waals surface area contributed by atoms with Crippen molar-refractivity contribution in [2.24, 2.45) is 4.99 Å². The minimum atomic E-state index is 0.119. The van der Waals surface area contributed by atoms with Gasteiger partial charge in [0.05, 0.1) is 5.39 Å². The van der Waals surface area contributed by atoms with E-state index in [0.29, 0.717) is 12.0 Å². The molecule has 9 heteroatoms. The van der Waals surface area contributed by atoms with Crippen molar-refractivity contribution in [3.63, 3.8) is 0 Å². The van der Waals surface area contributed by atoms with E-state index < -0.39 is 0 Å². The summed E-state index contributed by atoms with van der Waals surface area (Å²) in [6, 6.07) is 0.699. The zero-order valence-corrected chi connectivity index (χ0v) is 19.8. The summed E-state index contributed by atoms with van der Waals surface area (Å²) in [7, 11) is 3.64. The van der Waals surface area contributed by atoms with Gasteiger partial charge in [-0.3, -0.25) is 4.90 Å². The number of amides is 2. The quantitative estimate of drug-likeness (QED) is 0.771. The maximum absolute atomic E-state index is 12.2. The SMILES string of the molecule is CN(C)C(=O)N1CCN(C2CCC(=Nc3ncnc4[nH]cc(C5CCOCC5)c34)CC2)CC1. The first-order valence-corrected chi connectivity index (χ1v) is 12.3. The smallest absolute Gasteiger partial charge is 0.319 e. The van der Waals surface area contributed by atoms with Crippen molar-refractivity contribution < 1.29 is 9.53 Å². The van der Waals surface area contributed by atoms with Gasteiger partial charge in [0.25, 0.3) is 0 Å². The highest BCUT2D eigenvalue weighted by atomic mass is 16.5. The molecule has 0 radical (unpaired) electrons. The fraction of sp³-hybridized carbons (Fsp3) is 0.667. The first-order chi connectivity index (χ1) is 16.1. The van der Waals surface area contributed by atoms with E-state index in [1.165, 1.54) is 11.3 Å². The molecular formula is C24H35N7O2. The van der Waals surface area contributed by atoms with E-state index in [1.54, 1.807) is 11.2 Å². The van der Waals surface area contributed by atoms with Crippen LogP contribution in [0.25, 0.3) is 11.0 Å². The van der Waals surface area contributed by atoms with Crippen LogP contribution >= 0.6 is 0 Å². The predicted molar refractivity (Wildman–Crippen MR) is 128 cm³/mol. The van der Waals surface area contributed by atoms with E-state index >= 15 is 0 Å². The van der Waals surface area contributed by atoms with Crippen molar-refractivity contribution >= 4 is 28.6 Å². The Bertz CT molecular complexity index is 993. The number of aromatic amines is 1. The van der Waals surface area contributed by atoms with Gasteiger partial charge in [-0.1, -0.05) is 0 Å². The highest BCUT2D eigenvalue weighted by Crippen LogP contribution is 2.36. The van der Waals surface area contributed by atoms with Crippen LogP contribution in [-0.4, -0.2) is 101 Å². The molecule has 9 nitrogen and oxygen atoms in total. The van der Waals surface area contributed by atoms with Crippen LogP contribution < -0.4 is 0 Å². The summed E-state index contributed by atoms with van der Waals surface area (Å²) >= 11 is 0. The van der Waals surface area contributed by atoms with Gasteiger partial charge in [-0.25, -0.2) is 19.8 Å². The van der Waals surface area contributed by atoms with E-state index in [0.717, 1.165) is 94.8 Å². The molecule has 2 aliphatic heterocycles. The largest absolute Gasteiger partial charge is 0.381 e. The number of fused-ring (bicyclic) bond motifs is 1. The number of hydrogen-bond acceptors (Lipinski definition) is 6. The van der Waals surface area contributed by atoms with Crippen LogP contribution in [0.3, 0.4) is 0 Å². The zero-order chi connectivity index (χ0) is 22.8. The third-order valence-corrected chi connectivity index (χ3v) is 7.42. The summed E-state index contributed by atoms with van der Waals surface area (Å²) in [5.74, 6) is 1.29. The summed E-state index contributed by atoms with van der Waals surface area (Å²) in [6.07, 6.45) is 10.0. The summed E-state index contributed by atoms with van der Waals surface area (Å²) in [6.45, 7) is 5.18. The van der Waals surface area contributed by atoms with E-state index in [4.69, 9.17) is 9.73 Å². The molecule has 1 N–H and O–H groups in total. The summed E-state index contributed by atoms with van der Waals surface area (Å²) in [5, 5.41) is 1.08. The number of ether oxygens (including phenoxy) is 1. The van der Waals surface area contributed by atoms with Crippen LogP contribution in [0.5, 0.6) is 0 Å². The Morgan fingerprint density at radius 1 is 1.09 bits per heavy atom. The van der Waals surface area contributed by atoms with Crippen molar-refractivity contribution in [2.75, 3.05) is 53.5 Å². The second-order valence-electron chi connectivity index (χ2n) is 9.66. The van der Waals surface area contributed by atoms with Crippen LogP contribution in [0.4, 0.5) is 10.6 Å². The lowest BCUT2D eigenvalue weighted by Crippen LogP contribution is -2.54. The predicted octanol–water partition coefficient (Wildman–Crippen LogP) is 3.17. The Hall–Kier alpha value is -2.52. The standard InChI is InChI=1S/C24H35N7O2/c1-29(2)24(32)31-11-9-30(10-12-31)19-5-3-18(4-6-19)28-23-21-20(17-7-13-33-14-8-17)15-25-22(21)26-16-27-23/h15-17,19H,3-14H2,1-2H3,(H,25,26,27). The Morgan fingerprint density at radius 3 is 2.52 bits per heavy atom. The van der Waals surface area contributed by atoms with Gasteiger partial charge in [0, 0.05) is 71.4 Å². The number of piperazine rings is 1. The summed E-state index contributed by atoms with van der Waals surface area (Å²) in [5.41, 5.74) is 3.41. The maximum Gasteiger partial charge on any atom is 0.319 e. The third-order valence-electron chi connectivity index (χ3n) is 7.42. The average Bonchev–Trinajstić information content (AvgIpc) is 3.30. The molecule has 1 aliphatic carbocycles. The molecular weight excluding hydrogens is 418 g/mol. The minimum Gasteiger partial charge on any atom is -0.381 e. The van der Waals surface area contributed by atoms with Gasteiger partial charge in [0.2, 0.25) is 0 Å². The number of rotatable bonds is 3. The minimum absolute atomic E-state index is 0.119. The second-order valence-corrected chi connectivity index (χ2v) is 9.66. The number of carbonyl (C=O) groups is 1. The molecule has 0 spiro atoms. The Labute approximate surface area is 195 Å². The molecule has 3 aliphatic rings. The average molecular weight is 454 g/mol. The van der Waals surface area contributed by atoms with E-state index in [1.807, 2.05) is 19.0 Å². The summed E-state index contributed by atoms with van der Waals surface area (Å²) < 4.78 is 5.56. The number of hydrogen-bond donors (Lipinski definition) is 1. The highest BCUT2D eigenvalue weighted by Gasteiger charge is 2.29. The van der Waals surface area contributed by atoms with Crippen LogP contribution in [0.1, 0.15) is 50.0 Å². The number of H-pyrrole nitrogens is 1. The fourth-order valence-electron chi connectivity index (χ4n) is 5.51. The first-order valence-electron chi connectivity index (χ1n) is 12.3. The van der Waals surface area contributed by atoms with Gasteiger partial charge in [-0.15, -0.1) is 0 Å². The Morgan fingerprint density at radius 2 is 1.82 bits per heavy atom. The number of urea groups is 1. The number of aromatic nitrogens is 3. The van der Waals surface area contributed by atoms with E-state index in [9.17, 15) is 4.79 Å². The number of nitrogens with zero attached hydrogens (tertiary/aromatic N) is 6. The normalized spacial score (nSPS) is 23.2. The lowest BCUT2D eigenvalue weighted by Gasteiger charge is -2.41. The van der Waals surface area contributed by atoms with Crippen molar-refractivity contribution in [3.05, 3.63) is 18.1 Å². The second kappa shape index (κ2) is 9.77. The molecule has 3 fully saturated rings. The Balaban J connectivity index is 1.24. The van der Waals surface area contributed by atoms with Crippen molar-refractivity contribution in [1.82, 2.24) is 29.7 Å². The lowest BCUT2D eigenvalue weighted by atomic mass is 9.91. The van der Waals surface area contributed by atoms with E-state index in [2.05, 4.69) is 26.0 Å². The molecule has 1 saturated carbocycles. The van der Waals surface area contributed by atoms with Crippen molar-refractivity contribution in [3.8, 4) is 0 Å². The van der Waals surface area contributed by atoms with Gasteiger partial charge in [-0.05, 0) is 50.0 Å². The van der Waals surface area contributed by atoms with Crippen LogP contribution in [0, 0.1) is 0 Å².